The standard InChI is InChI=1S/C18H35N5O4/c1-10(2)8-21-14-5-6-20-9-13(14)17(26)23-16(12(4)25)18(27)22-15(7-19)11(3)24/h10,12-16,20-21,25H,5-9,19H2,1-4H3,(H,22,27)(H,23,26)/t12-,13?,14?,15-,16-/m0/s1. The third-order valence-electron chi connectivity index (χ3n) is 4.71. The Labute approximate surface area is 161 Å². The van der Waals surface area contributed by atoms with Crippen molar-refractivity contribution in [2.24, 2.45) is 17.6 Å². The Balaban J connectivity index is 2.77. The molecule has 7 N–H and O–H groups in total. The highest BCUT2D eigenvalue weighted by molar-refractivity contribution is 5.93. The molecular weight excluding hydrogens is 350 g/mol. The molecule has 1 saturated heterocycles. The maximum absolute atomic E-state index is 12.8. The van der Waals surface area contributed by atoms with E-state index in [-0.39, 0.29) is 30.2 Å². The molecule has 2 amide bonds. The first-order valence-corrected chi connectivity index (χ1v) is 9.60. The number of aliphatic hydroxyl groups is 1. The quantitative estimate of drug-likeness (QED) is 0.258. The van der Waals surface area contributed by atoms with Crippen molar-refractivity contribution in [2.45, 2.75) is 58.3 Å². The Morgan fingerprint density at radius 2 is 1.89 bits per heavy atom. The zero-order valence-corrected chi connectivity index (χ0v) is 16.7. The van der Waals surface area contributed by atoms with Gasteiger partial charge in [0.25, 0.3) is 0 Å². The number of nitrogens with two attached hydrogens (primary N) is 1. The zero-order valence-electron chi connectivity index (χ0n) is 16.7. The van der Waals surface area contributed by atoms with Crippen LogP contribution >= 0.6 is 0 Å². The molecule has 1 rings (SSSR count). The lowest BCUT2D eigenvalue weighted by molar-refractivity contribution is -0.135. The average molecular weight is 386 g/mol. The lowest BCUT2D eigenvalue weighted by Gasteiger charge is -2.34. The molecule has 1 heterocycles. The summed E-state index contributed by atoms with van der Waals surface area (Å²) >= 11 is 0. The van der Waals surface area contributed by atoms with Gasteiger partial charge in [0.15, 0.2) is 5.78 Å². The minimum Gasteiger partial charge on any atom is -0.391 e. The molecule has 9 heteroatoms. The highest BCUT2D eigenvalue weighted by Crippen LogP contribution is 2.13. The van der Waals surface area contributed by atoms with Crippen molar-refractivity contribution in [2.75, 3.05) is 26.2 Å². The SMILES string of the molecule is CC(=O)[C@H](CN)NC(=O)[C@@H](NC(=O)C1CNCCC1NCC(C)C)[C@H](C)O. The summed E-state index contributed by atoms with van der Waals surface area (Å²) in [6, 6.07) is -1.99. The van der Waals surface area contributed by atoms with Gasteiger partial charge in [-0.25, -0.2) is 0 Å². The average Bonchev–Trinajstić information content (AvgIpc) is 2.61. The Bertz CT molecular complexity index is 512. The summed E-state index contributed by atoms with van der Waals surface area (Å²) in [4.78, 5) is 36.7. The molecule has 0 radical (unpaired) electrons. The number of nitrogens with one attached hydrogen (secondary N) is 4. The van der Waals surface area contributed by atoms with Crippen LogP contribution in [0, 0.1) is 11.8 Å². The van der Waals surface area contributed by atoms with Crippen LogP contribution < -0.4 is 27.0 Å². The summed E-state index contributed by atoms with van der Waals surface area (Å²) in [5, 5.41) is 21.7. The largest absolute Gasteiger partial charge is 0.391 e. The molecule has 0 aromatic heterocycles. The molecule has 156 valence electrons. The van der Waals surface area contributed by atoms with E-state index in [0.717, 1.165) is 19.5 Å². The number of hydrogen-bond donors (Lipinski definition) is 6. The van der Waals surface area contributed by atoms with Gasteiger partial charge in [-0.05, 0) is 39.3 Å². The van der Waals surface area contributed by atoms with Gasteiger partial charge in [-0.3, -0.25) is 14.4 Å². The van der Waals surface area contributed by atoms with Crippen molar-refractivity contribution in [1.29, 1.82) is 0 Å². The molecule has 27 heavy (non-hydrogen) atoms. The summed E-state index contributed by atoms with van der Waals surface area (Å²) in [6.07, 6.45) is -0.311. The van der Waals surface area contributed by atoms with Crippen molar-refractivity contribution in [1.82, 2.24) is 21.3 Å². The van der Waals surface area contributed by atoms with E-state index in [1.165, 1.54) is 13.8 Å². The van der Waals surface area contributed by atoms with Crippen LogP contribution in [-0.4, -0.2) is 73.1 Å². The van der Waals surface area contributed by atoms with E-state index in [2.05, 4.69) is 35.1 Å². The van der Waals surface area contributed by atoms with Gasteiger partial charge in [0.05, 0.1) is 18.1 Å². The summed E-state index contributed by atoms with van der Waals surface area (Å²) in [5.41, 5.74) is 5.49. The van der Waals surface area contributed by atoms with Gasteiger partial charge in [0.1, 0.15) is 6.04 Å². The van der Waals surface area contributed by atoms with Gasteiger partial charge in [0.2, 0.25) is 11.8 Å². The van der Waals surface area contributed by atoms with E-state index >= 15 is 0 Å². The van der Waals surface area contributed by atoms with Crippen LogP contribution in [0.5, 0.6) is 0 Å². The number of ketones is 1. The minimum absolute atomic E-state index is 0.000343. The predicted octanol–water partition coefficient (Wildman–Crippen LogP) is -1.89. The maximum Gasteiger partial charge on any atom is 0.245 e. The summed E-state index contributed by atoms with van der Waals surface area (Å²) in [7, 11) is 0. The number of Topliss-reactive ketones (excluding diaryl/α,β-unsaturated/α-hetero) is 1. The van der Waals surface area contributed by atoms with E-state index in [0.29, 0.717) is 12.5 Å². The second kappa shape index (κ2) is 11.3. The molecule has 1 fully saturated rings. The van der Waals surface area contributed by atoms with Crippen LogP contribution in [0.4, 0.5) is 0 Å². The molecule has 9 nitrogen and oxygen atoms in total. The number of rotatable bonds is 10. The van der Waals surface area contributed by atoms with Gasteiger partial charge in [-0.15, -0.1) is 0 Å². The Hall–Kier alpha value is -1.55. The van der Waals surface area contributed by atoms with Gasteiger partial charge in [0, 0.05) is 19.1 Å². The molecule has 1 aliphatic rings. The van der Waals surface area contributed by atoms with Crippen molar-refractivity contribution >= 4 is 17.6 Å². The van der Waals surface area contributed by atoms with E-state index in [4.69, 9.17) is 5.73 Å². The lowest BCUT2D eigenvalue weighted by Crippen LogP contribution is -2.60. The van der Waals surface area contributed by atoms with Crippen LogP contribution in [0.15, 0.2) is 0 Å². The van der Waals surface area contributed by atoms with E-state index in [1.54, 1.807) is 0 Å². The van der Waals surface area contributed by atoms with Crippen molar-refractivity contribution in [3.8, 4) is 0 Å². The number of aliphatic hydroxyl groups excluding tert-OH is 1. The van der Waals surface area contributed by atoms with Crippen molar-refractivity contribution < 1.29 is 19.5 Å². The number of carbonyl (C=O) groups excluding carboxylic acids is 3. The maximum atomic E-state index is 12.8. The third-order valence-corrected chi connectivity index (χ3v) is 4.71. The van der Waals surface area contributed by atoms with Crippen LogP contribution in [0.1, 0.15) is 34.1 Å². The summed E-state index contributed by atoms with van der Waals surface area (Å²) in [6.45, 7) is 9.00. The van der Waals surface area contributed by atoms with Crippen LogP contribution in [0.3, 0.4) is 0 Å². The number of piperidine rings is 1. The van der Waals surface area contributed by atoms with E-state index in [9.17, 15) is 19.5 Å². The summed E-state index contributed by atoms with van der Waals surface area (Å²) < 4.78 is 0. The Morgan fingerprint density at radius 1 is 1.22 bits per heavy atom. The predicted molar refractivity (Wildman–Crippen MR) is 103 cm³/mol. The van der Waals surface area contributed by atoms with Gasteiger partial charge >= 0.3 is 0 Å². The molecule has 0 saturated carbocycles. The fourth-order valence-corrected chi connectivity index (χ4v) is 3.02. The molecular formula is C18H35N5O4. The van der Waals surface area contributed by atoms with Crippen LogP contribution in [-0.2, 0) is 14.4 Å². The zero-order chi connectivity index (χ0) is 20.6. The smallest absolute Gasteiger partial charge is 0.245 e. The number of carbonyl (C=O) groups is 3. The minimum atomic E-state index is -1.15. The molecule has 0 aliphatic carbocycles. The second-order valence-corrected chi connectivity index (χ2v) is 7.64. The molecule has 5 atom stereocenters. The van der Waals surface area contributed by atoms with E-state index < -0.39 is 24.1 Å². The molecule has 0 aromatic rings. The van der Waals surface area contributed by atoms with Gasteiger partial charge in [-0.2, -0.15) is 0 Å². The second-order valence-electron chi connectivity index (χ2n) is 7.64. The first-order chi connectivity index (χ1) is 12.7. The Kier molecular flexibility index (Phi) is 9.86. The van der Waals surface area contributed by atoms with Crippen LogP contribution in [0.25, 0.3) is 0 Å². The number of amides is 2. The van der Waals surface area contributed by atoms with Crippen molar-refractivity contribution in [3.05, 3.63) is 0 Å². The Morgan fingerprint density at radius 3 is 2.41 bits per heavy atom. The molecule has 0 spiro atoms. The normalized spacial score (nSPS) is 23.4. The van der Waals surface area contributed by atoms with Gasteiger partial charge < -0.3 is 32.1 Å². The van der Waals surface area contributed by atoms with Crippen LogP contribution in [0.2, 0.25) is 0 Å². The fourth-order valence-electron chi connectivity index (χ4n) is 3.02. The molecule has 1 aliphatic heterocycles. The fraction of sp³-hybridized carbons (Fsp3) is 0.833. The van der Waals surface area contributed by atoms with Gasteiger partial charge in [-0.1, -0.05) is 13.8 Å². The van der Waals surface area contributed by atoms with E-state index in [1.807, 2.05) is 0 Å². The molecule has 2 unspecified atom stereocenters. The molecule has 0 bridgehead atoms. The molecule has 0 aromatic carbocycles. The highest BCUT2D eigenvalue weighted by atomic mass is 16.3. The topological polar surface area (TPSA) is 146 Å². The summed E-state index contributed by atoms with van der Waals surface area (Å²) in [5.74, 6) is -1.11. The monoisotopic (exact) mass is 385 g/mol. The number of hydrogen-bond acceptors (Lipinski definition) is 7. The highest BCUT2D eigenvalue weighted by Gasteiger charge is 2.35. The first-order valence-electron chi connectivity index (χ1n) is 9.60. The first kappa shape index (κ1) is 23.5. The van der Waals surface area contributed by atoms with Crippen molar-refractivity contribution in [3.63, 3.8) is 0 Å². The lowest BCUT2D eigenvalue weighted by atomic mass is 9.91. The third kappa shape index (κ3) is 7.53.